The van der Waals surface area contributed by atoms with E-state index in [4.69, 9.17) is 0 Å². The van der Waals surface area contributed by atoms with Crippen molar-refractivity contribution in [2.75, 3.05) is 0 Å². The van der Waals surface area contributed by atoms with Crippen molar-refractivity contribution in [3.63, 3.8) is 0 Å². The maximum Gasteiger partial charge on any atom is -0.00489 e. The van der Waals surface area contributed by atoms with E-state index < -0.39 is 0 Å². The quantitative estimate of drug-likeness (QED) is 0.643. The lowest BCUT2D eigenvalue weighted by atomic mass is 9.91. The molecule has 0 amide bonds. The molecule has 0 atom stereocenters. The number of hydrogen-bond acceptors (Lipinski definition) is 0. The van der Waals surface area contributed by atoms with Gasteiger partial charge in [0.25, 0.3) is 0 Å². The van der Waals surface area contributed by atoms with Crippen LogP contribution in [0.5, 0.6) is 0 Å². The first kappa shape index (κ1) is 13.4. The summed E-state index contributed by atoms with van der Waals surface area (Å²) < 4.78 is 0. The predicted molar refractivity (Wildman–Crippen MR) is 87.2 cm³/mol. The van der Waals surface area contributed by atoms with Gasteiger partial charge in [-0.2, -0.15) is 0 Å². The Morgan fingerprint density at radius 2 is 1.65 bits per heavy atom. The van der Waals surface area contributed by atoms with Crippen LogP contribution in [-0.2, 0) is 5.41 Å². The second-order valence-corrected chi connectivity index (χ2v) is 6.49. The van der Waals surface area contributed by atoms with Gasteiger partial charge in [0.05, 0.1) is 0 Å². The molecule has 0 N–H and O–H groups in total. The summed E-state index contributed by atoms with van der Waals surface area (Å²) in [4.78, 5) is 0. The summed E-state index contributed by atoms with van der Waals surface area (Å²) in [6.07, 6.45) is 4.01. The fourth-order valence-electron chi connectivity index (χ4n) is 3.09. The van der Waals surface area contributed by atoms with Gasteiger partial charge in [0.15, 0.2) is 0 Å². The molecule has 0 saturated heterocycles. The highest BCUT2D eigenvalue weighted by atomic mass is 14.5. The average molecular weight is 264 g/mol. The molecule has 1 aliphatic carbocycles. The Morgan fingerprint density at radius 3 is 2.20 bits per heavy atom. The molecule has 0 unspecified atom stereocenters. The van der Waals surface area contributed by atoms with E-state index in [-0.39, 0.29) is 0 Å². The number of rotatable bonds is 4. The third kappa shape index (κ3) is 2.40. The minimum Gasteiger partial charge on any atom is -0.0645 e. The van der Waals surface area contributed by atoms with Crippen LogP contribution in [0.15, 0.2) is 48.5 Å². The third-order valence-corrected chi connectivity index (χ3v) is 4.91. The molecule has 3 rings (SSSR count). The van der Waals surface area contributed by atoms with Gasteiger partial charge < -0.3 is 0 Å². The van der Waals surface area contributed by atoms with Crippen LogP contribution in [0.2, 0.25) is 0 Å². The van der Waals surface area contributed by atoms with Crippen LogP contribution < -0.4 is 0 Å². The zero-order chi connectivity index (χ0) is 14.2. The maximum absolute atomic E-state index is 2.34. The van der Waals surface area contributed by atoms with Crippen molar-refractivity contribution in [3.8, 4) is 11.1 Å². The highest BCUT2D eigenvalue weighted by Gasteiger charge is 2.41. The summed E-state index contributed by atoms with van der Waals surface area (Å²) in [5.41, 5.74) is 6.13. The van der Waals surface area contributed by atoms with E-state index in [0.717, 1.165) is 0 Å². The van der Waals surface area contributed by atoms with Gasteiger partial charge in [0, 0.05) is 0 Å². The van der Waals surface area contributed by atoms with E-state index in [1.54, 1.807) is 0 Å². The Hall–Kier alpha value is -1.56. The van der Waals surface area contributed by atoms with Crippen molar-refractivity contribution in [1.29, 1.82) is 0 Å². The summed E-state index contributed by atoms with van der Waals surface area (Å²) in [5, 5.41) is 0. The Bertz CT molecular complexity index is 586. The van der Waals surface area contributed by atoms with Crippen molar-refractivity contribution in [2.45, 2.75) is 51.4 Å². The van der Waals surface area contributed by atoms with E-state index in [1.807, 2.05) is 0 Å². The van der Waals surface area contributed by atoms with Gasteiger partial charge in [-0.15, -0.1) is 0 Å². The van der Waals surface area contributed by atoms with E-state index in [2.05, 4.69) is 69.3 Å². The first-order valence-electron chi connectivity index (χ1n) is 7.85. The van der Waals surface area contributed by atoms with Crippen molar-refractivity contribution in [1.82, 2.24) is 0 Å². The van der Waals surface area contributed by atoms with Crippen LogP contribution in [0.3, 0.4) is 0 Å². The second kappa shape index (κ2) is 5.09. The van der Waals surface area contributed by atoms with Gasteiger partial charge in [-0.3, -0.25) is 0 Å². The zero-order valence-corrected chi connectivity index (χ0v) is 12.8. The molecule has 0 aromatic heterocycles. The Morgan fingerprint density at radius 1 is 0.950 bits per heavy atom. The van der Waals surface area contributed by atoms with Crippen molar-refractivity contribution in [3.05, 3.63) is 59.7 Å². The van der Waals surface area contributed by atoms with Gasteiger partial charge in [-0.05, 0) is 52.8 Å². The van der Waals surface area contributed by atoms with Crippen molar-refractivity contribution in [2.24, 2.45) is 0 Å². The first-order chi connectivity index (χ1) is 9.64. The minimum atomic E-state index is 0.512. The van der Waals surface area contributed by atoms with Crippen molar-refractivity contribution < 1.29 is 0 Å². The smallest absolute Gasteiger partial charge is 0.00489 e. The molecule has 1 aliphatic rings. The molecule has 0 nitrogen and oxygen atoms in total. The Balaban J connectivity index is 1.89. The van der Waals surface area contributed by atoms with Crippen LogP contribution in [-0.4, -0.2) is 0 Å². The fourth-order valence-corrected chi connectivity index (χ4v) is 3.09. The monoisotopic (exact) mass is 264 g/mol. The second-order valence-electron chi connectivity index (χ2n) is 6.49. The van der Waals surface area contributed by atoms with Crippen LogP contribution in [0.25, 0.3) is 11.1 Å². The SMILES string of the molecule is CCC1(c2ccc(-c3cccc(C(C)C)c3)cc2)CC1. The fraction of sp³-hybridized carbons (Fsp3) is 0.400. The summed E-state index contributed by atoms with van der Waals surface area (Å²) in [7, 11) is 0. The van der Waals surface area contributed by atoms with Gasteiger partial charge in [0.2, 0.25) is 0 Å². The molecule has 2 aromatic carbocycles. The van der Waals surface area contributed by atoms with Crippen LogP contribution in [0, 0.1) is 0 Å². The van der Waals surface area contributed by atoms with Crippen molar-refractivity contribution >= 4 is 0 Å². The van der Waals surface area contributed by atoms with Gasteiger partial charge in [-0.1, -0.05) is 69.3 Å². The van der Waals surface area contributed by atoms with Gasteiger partial charge >= 0.3 is 0 Å². The van der Waals surface area contributed by atoms with E-state index >= 15 is 0 Å². The van der Waals surface area contributed by atoms with Gasteiger partial charge in [0.1, 0.15) is 0 Å². The molecule has 1 fully saturated rings. The molecule has 104 valence electrons. The number of benzene rings is 2. The lowest BCUT2D eigenvalue weighted by Crippen LogP contribution is -2.03. The minimum absolute atomic E-state index is 0.512. The summed E-state index contributed by atoms with van der Waals surface area (Å²) >= 11 is 0. The van der Waals surface area contributed by atoms with Gasteiger partial charge in [-0.25, -0.2) is 0 Å². The molecule has 2 aromatic rings. The maximum atomic E-state index is 2.34. The summed E-state index contributed by atoms with van der Waals surface area (Å²) in [6.45, 7) is 6.81. The summed E-state index contributed by atoms with van der Waals surface area (Å²) in [5.74, 6) is 0.587. The lowest BCUT2D eigenvalue weighted by Gasteiger charge is -2.14. The van der Waals surface area contributed by atoms with E-state index in [0.29, 0.717) is 11.3 Å². The van der Waals surface area contributed by atoms with Crippen LogP contribution in [0.4, 0.5) is 0 Å². The third-order valence-electron chi connectivity index (χ3n) is 4.91. The largest absolute Gasteiger partial charge is 0.0645 e. The lowest BCUT2D eigenvalue weighted by molar-refractivity contribution is 0.664. The van der Waals surface area contributed by atoms with Crippen LogP contribution in [0.1, 0.15) is 57.1 Å². The van der Waals surface area contributed by atoms with E-state index in [1.165, 1.54) is 41.5 Å². The molecular weight excluding hydrogens is 240 g/mol. The van der Waals surface area contributed by atoms with E-state index in [9.17, 15) is 0 Å². The highest BCUT2D eigenvalue weighted by molar-refractivity contribution is 5.65. The average Bonchev–Trinajstić information content (AvgIpc) is 3.29. The first-order valence-corrected chi connectivity index (χ1v) is 7.85. The standard InChI is InChI=1S/C20H24/c1-4-20(12-13-20)19-10-8-16(9-11-19)18-7-5-6-17(14-18)15(2)3/h5-11,14-15H,4,12-13H2,1-3H3. The molecule has 0 spiro atoms. The molecule has 0 bridgehead atoms. The molecule has 0 heteroatoms. The Labute approximate surface area is 122 Å². The molecule has 1 saturated carbocycles. The molecule has 0 aliphatic heterocycles. The topological polar surface area (TPSA) is 0 Å². The molecule has 0 radical (unpaired) electrons. The number of hydrogen-bond donors (Lipinski definition) is 0. The molecular formula is C20H24. The predicted octanol–water partition coefficient (Wildman–Crippen LogP) is 5.92. The normalized spacial score (nSPS) is 16.4. The zero-order valence-electron chi connectivity index (χ0n) is 12.8. The highest BCUT2D eigenvalue weighted by Crippen LogP contribution is 2.50. The molecule has 20 heavy (non-hydrogen) atoms. The summed E-state index contributed by atoms with van der Waals surface area (Å²) in [6, 6.07) is 18.2. The van der Waals surface area contributed by atoms with Crippen LogP contribution >= 0.6 is 0 Å². The molecule has 0 heterocycles. The Kier molecular flexibility index (Phi) is 3.41.